The Morgan fingerprint density at radius 1 is 1.40 bits per heavy atom. The number of hydrogen-bond acceptors (Lipinski definition) is 2. The van der Waals surface area contributed by atoms with Crippen molar-refractivity contribution in [3.63, 3.8) is 0 Å². The van der Waals surface area contributed by atoms with Crippen LogP contribution in [0.3, 0.4) is 0 Å². The smallest absolute Gasteiger partial charge is 0.153 e. The van der Waals surface area contributed by atoms with Crippen LogP contribution in [0.2, 0.25) is 0 Å². The average Bonchev–Trinajstić information content (AvgIpc) is 2.19. The molecule has 0 fully saturated rings. The topological polar surface area (TPSA) is 26.3 Å². The van der Waals surface area contributed by atoms with Gasteiger partial charge in [0.2, 0.25) is 0 Å². The molecule has 1 aromatic rings. The Morgan fingerprint density at radius 3 is 2.53 bits per heavy atom. The van der Waals surface area contributed by atoms with Crippen LogP contribution in [-0.4, -0.2) is 12.9 Å². The van der Waals surface area contributed by atoms with Gasteiger partial charge in [0.05, 0.1) is 12.2 Å². The Labute approximate surface area is 91.3 Å². The summed E-state index contributed by atoms with van der Waals surface area (Å²) in [5, 5.41) is 0. The summed E-state index contributed by atoms with van der Waals surface area (Å²) in [5.74, 6) is 1.11. The first-order valence-electron chi connectivity index (χ1n) is 5.32. The normalized spacial score (nSPS) is 10.5. The Bertz CT molecular complexity index is 354. The van der Waals surface area contributed by atoms with E-state index in [1.54, 1.807) is 0 Å². The first kappa shape index (κ1) is 11.8. The molecule has 0 spiro atoms. The largest absolute Gasteiger partial charge is 0.493 e. The summed E-state index contributed by atoms with van der Waals surface area (Å²) >= 11 is 0. The lowest BCUT2D eigenvalue weighted by atomic mass is 9.97. The van der Waals surface area contributed by atoms with Gasteiger partial charge in [0.25, 0.3) is 0 Å². The van der Waals surface area contributed by atoms with Crippen LogP contribution in [0.1, 0.15) is 48.2 Å². The molecule has 0 N–H and O–H groups in total. The zero-order chi connectivity index (χ0) is 11.4. The molecule has 0 aliphatic rings. The highest BCUT2D eigenvalue weighted by atomic mass is 16.5. The third-order valence-electron chi connectivity index (χ3n) is 2.33. The molecule has 1 aromatic carbocycles. The van der Waals surface area contributed by atoms with Crippen LogP contribution < -0.4 is 4.74 Å². The number of benzene rings is 1. The molecule has 0 atom stereocenters. The highest BCUT2D eigenvalue weighted by Gasteiger charge is 2.13. The van der Waals surface area contributed by atoms with Crippen molar-refractivity contribution in [3.8, 4) is 5.75 Å². The second-order valence-corrected chi connectivity index (χ2v) is 3.98. The van der Waals surface area contributed by atoms with E-state index in [-0.39, 0.29) is 0 Å². The van der Waals surface area contributed by atoms with E-state index in [1.165, 1.54) is 0 Å². The average molecular weight is 206 g/mol. The van der Waals surface area contributed by atoms with Gasteiger partial charge in [-0.25, -0.2) is 0 Å². The molecule has 2 nitrogen and oxygen atoms in total. The van der Waals surface area contributed by atoms with E-state index >= 15 is 0 Å². The summed E-state index contributed by atoms with van der Waals surface area (Å²) < 4.78 is 5.54. The molecule has 0 amide bonds. The summed E-state index contributed by atoms with van der Waals surface area (Å²) in [6.07, 6.45) is 0.865. The van der Waals surface area contributed by atoms with Crippen LogP contribution >= 0.6 is 0 Å². The molecule has 15 heavy (non-hydrogen) atoms. The highest BCUT2D eigenvalue weighted by molar-refractivity contribution is 5.81. The van der Waals surface area contributed by atoms with Crippen molar-refractivity contribution >= 4 is 6.29 Å². The lowest BCUT2D eigenvalue weighted by Crippen LogP contribution is -2.02. The molecule has 0 aliphatic heterocycles. The van der Waals surface area contributed by atoms with Gasteiger partial charge in [-0.05, 0) is 37.0 Å². The minimum Gasteiger partial charge on any atom is -0.493 e. The van der Waals surface area contributed by atoms with Gasteiger partial charge in [0.15, 0.2) is 6.29 Å². The summed E-state index contributed by atoms with van der Waals surface area (Å²) in [4.78, 5) is 10.9. The maximum Gasteiger partial charge on any atom is 0.153 e. The van der Waals surface area contributed by atoms with Gasteiger partial charge >= 0.3 is 0 Å². The van der Waals surface area contributed by atoms with Crippen LogP contribution in [0.15, 0.2) is 12.1 Å². The molecule has 2 heteroatoms. The SMILES string of the molecule is CCOc1c(C=O)cc(C)cc1C(C)C. The minimum absolute atomic E-state index is 0.366. The number of ether oxygens (including phenoxy) is 1. The maximum absolute atomic E-state index is 10.9. The minimum atomic E-state index is 0.366. The molecule has 0 heterocycles. The van der Waals surface area contributed by atoms with E-state index in [4.69, 9.17) is 4.74 Å². The number of carbonyl (C=O) groups excluding carboxylic acids is 1. The van der Waals surface area contributed by atoms with Crippen LogP contribution in [0.4, 0.5) is 0 Å². The summed E-state index contributed by atoms with van der Waals surface area (Å²) in [6, 6.07) is 3.95. The number of hydrogen-bond donors (Lipinski definition) is 0. The van der Waals surface area contributed by atoms with Crippen LogP contribution in [-0.2, 0) is 0 Å². The van der Waals surface area contributed by atoms with Gasteiger partial charge in [0.1, 0.15) is 5.75 Å². The van der Waals surface area contributed by atoms with Gasteiger partial charge in [-0.3, -0.25) is 4.79 Å². The van der Waals surface area contributed by atoms with E-state index in [0.717, 1.165) is 23.2 Å². The molecule has 1 rings (SSSR count). The van der Waals surface area contributed by atoms with Crippen molar-refractivity contribution in [1.29, 1.82) is 0 Å². The predicted octanol–water partition coefficient (Wildman–Crippen LogP) is 3.33. The molecule has 0 aliphatic carbocycles. The lowest BCUT2D eigenvalue weighted by molar-refractivity contribution is 0.111. The van der Waals surface area contributed by atoms with E-state index in [1.807, 2.05) is 19.9 Å². The fraction of sp³-hybridized carbons (Fsp3) is 0.462. The van der Waals surface area contributed by atoms with E-state index < -0.39 is 0 Å². The van der Waals surface area contributed by atoms with Gasteiger partial charge < -0.3 is 4.74 Å². The van der Waals surface area contributed by atoms with Crippen molar-refractivity contribution < 1.29 is 9.53 Å². The van der Waals surface area contributed by atoms with Crippen LogP contribution in [0.25, 0.3) is 0 Å². The van der Waals surface area contributed by atoms with Crippen molar-refractivity contribution in [3.05, 3.63) is 28.8 Å². The third-order valence-corrected chi connectivity index (χ3v) is 2.33. The number of aryl methyl sites for hydroxylation is 1. The third kappa shape index (κ3) is 2.58. The second kappa shape index (κ2) is 4.96. The first-order chi connectivity index (χ1) is 7.10. The van der Waals surface area contributed by atoms with E-state index in [2.05, 4.69) is 19.9 Å². The van der Waals surface area contributed by atoms with E-state index in [0.29, 0.717) is 18.1 Å². The first-order valence-corrected chi connectivity index (χ1v) is 5.32. The number of carbonyl (C=O) groups is 1. The monoisotopic (exact) mass is 206 g/mol. The van der Waals surface area contributed by atoms with Crippen LogP contribution in [0.5, 0.6) is 5.75 Å². The Kier molecular flexibility index (Phi) is 3.89. The highest BCUT2D eigenvalue weighted by Crippen LogP contribution is 2.30. The Hall–Kier alpha value is -1.31. The summed E-state index contributed by atoms with van der Waals surface area (Å²) in [6.45, 7) is 8.72. The van der Waals surface area contributed by atoms with Crippen molar-refractivity contribution in [2.45, 2.75) is 33.6 Å². The van der Waals surface area contributed by atoms with E-state index in [9.17, 15) is 4.79 Å². The standard InChI is InChI=1S/C13H18O2/c1-5-15-13-11(8-14)6-10(4)7-12(13)9(2)3/h6-9H,5H2,1-4H3. The van der Waals surface area contributed by atoms with Gasteiger partial charge in [0, 0.05) is 0 Å². The molecular formula is C13H18O2. The van der Waals surface area contributed by atoms with Crippen molar-refractivity contribution in [2.24, 2.45) is 0 Å². The van der Waals surface area contributed by atoms with Gasteiger partial charge in [-0.2, -0.15) is 0 Å². The second-order valence-electron chi connectivity index (χ2n) is 3.98. The molecule has 0 unspecified atom stereocenters. The predicted molar refractivity (Wildman–Crippen MR) is 61.8 cm³/mol. The number of aldehydes is 1. The zero-order valence-corrected chi connectivity index (χ0v) is 9.83. The zero-order valence-electron chi connectivity index (χ0n) is 9.83. The molecular weight excluding hydrogens is 188 g/mol. The molecule has 0 saturated carbocycles. The molecule has 0 aromatic heterocycles. The molecule has 82 valence electrons. The molecule has 0 saturated heterocycles. The maximum atomic E-state index is 10.9. The fourth-order valence-corrected chi connectivity index (χ4v) is 1.66. The quantitative estimate of drug-likeness (QED) is 0.706. The Morgan fingerprint density at radius 2 is 2.07 bits per heavy atom. The molecule has 0 radical (unpaired) electrons. The summed E-state index contributed by atoms with van der Waals surface area (Å²) in [5.41, 5.74) is 2.86. The van der Waals surface area contributed by atoms with Crippen LogP contribution in [0, 0.1) is 6.92 Å². The van der Waals surface area contributed by atoms with Crippen molar-refractivity contribution in [1.82, 2.24) is 0 Å². The summed E-state index contributed by atoms with van der Waals surface area (Å²) in [7, 11) is 0. The van der Waals surface area contributed by atoms with Crippen molar-refractivity contribution in [2.75, 3.05) is 6.61 Å². The van der Waals surface area contributed by atoms with Gasteiger partial charge in [-0.15, -0.1) is 0 Å². The number of rotatable bonds is 4. The molecule has 0 bridgehead atoms. The lowest BCUT2D eigenvalue weighted by Gasteiger charge is -2.16. The van der Waals surface area contributed by atoms with Gasteiger partial charge in [-0.1, -0.05) is 19.9 Å². The fourth-order valence-electron chi connectivity index (χ4n) is 1.66. The Balaban J connectivity index is 3.33.